The summed E-state index contributed by atoms with van der Waals surface area (Å²) in [5, 5.41) is 4.13. The fourth-order valence-electron chi connectivity index (χ4n) is 4.28. The number of rotatable bonds is 11. The summed E-state index contributed by atoms with van der Waals surface area (Å²) in [4.78, 5) is 18.9. The minimum Gasteiger partial charge on any atom is -0.488 e. The number of likely N-dealkylation sites (tertiary alicyclic amines) is 1. The average Bonchev–Trinajstić information content (AvgIpc) is 2.76. The summed E-state index contributed by atoms with van der Waals surface area (Å²) < 4.78 is 6.49. The van der Waals surface area contributed by atoms with E-state index in [1.165, 1.54) is 23.8 Å². The molecular formula is C26H39N3O2. The lowest BCUT2D eigenvalue weighted by Crippen LogP contribution is -2.38. The van der Waals surface area contributed by atoms with Crippen LogP contribution in [0.25, 0.3) is 10.9 Å². The van der Waals surface area contributed by atoms with Crippen LogP contribution in [0.15, 0.2) is 30.5 Å². The van der Waals surface area contributed by atoms with Gasteiger partial charge in [-0.15, -0.1) is 0 Å². The van der Waals surface area contributed by atoms with Crippen LogP contribution >= 0.6 is 0 Å². The molecule has 5 heteroatoms. The molecular weight excluding hydrogens is 386 g/mol. The van der Waals surface area contributed by atoms with E-state index in [4.69, 9.17) is 4.74 Å². The fourth-order valence-corrected chi connectivity index (χ4v) is 4.28. The third kappa shape index (κ3) is 7.49. The number of pyridine rings is 1. The number of hydrogen-bond donors (Lipinski definition) is 1. The number of nitrogens with zero attached hydrogens (tertiary/aromatic N) is 2. The first-order valence-corrected chi connectivity index (χ1v) is 12.1. The summed E-state index contributed by atoms with van der Waals surface area (Å²) in [5.41, 5.74) is 2.32. The van der Waals surface area contributed by atoms with Crippen molar-refractivity contribution in [3.8, 4) is 5.75 Å². The highest BCUT2D eigenvalue weighted by molar-refractivity contribution is 5.85. The number of hydrogen-bond acceptors (Lipinski definition) is 4. The number of nitrogens with one attached hydrogen (secondary N) is 1. The number of carbonyl (C=O) groups is 1. The minimum absolute atomic E-state index is 0.170. The molecule has 1 N–H and O–H groups in total. The van der Waals surface area contributed by atoms with Crippen LogP contribution in [-0.4, -0.2) is 47.6 Å². The highest BCUT2D eigenvalue weighted by Crippen LogP contribution is 2.29. The second kappa shape index (κ2) is 12.0. The molecule has 0 saturated carbocycles. The monoisotopic (exact) mass is 425 g/mol. The molecule has 0 spiro atoms. The van der Waals surface area contributed by atoms with E-state index in [-0.39, 0.29) is 18.1 Å². The Morgan fingerprint density at radius 3 is 2.77 bits per heavy atom. The lowest BCUT2D eigenvalue weighted by Gasteiger charge is -2.32. The number of unbranched alkanes of at least 4 members (excludes halogenated alkanes) is 2. The Labute approximate surface area is 187 Å². The second-order valence-corrected chi connectivity index (χ2v) is 9.11. The third-order valence-electron chi connectivity index (χ3n) is 5.95. The molecule has 0 atom stereocenters. The number of aromatic nitrogens is 1. The molecule has 0 radical (unpaired) electrons. The number of benzene rings is 1. The molecule has 1 aliphatic rings. The lowest BCUT2D eigenvalue weighted by atomic mass is 10.0. The van der Waals surface area contributed by atoms with Crippen molar-refractivity contribution in [2.75, 3.05) is 19.6 Å². The lowest BCUT2D eigenvalue weighted by molar-refractivity contribution is -0.121. The van der Waals surface area contributed by atoms with Crippen LogP contribution in [0.4, 0.5) is 0 Å². The van der Waals surface area contributed by atoms with E-state index in [0.717, 1.165) is 63.0 Å². The van der Waals surface area contributed by atoms with Crippen molar-refractivity contribution < 1.29 is 9.53 Å². The van der Waals surface area contributed by atoms with E-state index in [9.17, 15) is 4.79 Å². The van der Waals surface area contributed by atoms with Crippen molar-refractivity contribution in [3.05, 3.63) is 36.0 Å². The number of amides is 1. The molecule has 1 amide bonds. The van der Waals surface area contributed by atoms with Crippen LogP contribution in [0.2, 0.25) is 0 Å². The predicted octanol–water partition coefficient (Wildman–Crippen LogP) is 5.12. The zero-order chi connectivity index (χ0) is 22.1. The average molecular weight is 426 g/mol. The van der Waals surface area contributed by atoms with Gasteiger partial charge in [-0.1, -0.05) is 19.4 Å². The number of piperidine rings is 1. The number of aryl methyl sites for hydroxylation is 1. The van der Waals surface area contributed by atoms with Gasteiger partial charge in [-0.2, -0.15) is 0 Å². The van der Waals surface area contributed by atoms with Crippen molar-refractivity contribution in [1.29, 1.82) is 0 Å². The molecule has 0 unspecified atom stereocenters. The molecule has 1 aliphatic heterocycles. The van der Waals surface area contributed by atoms with E-state index >= 15 is 0 Å². The smallest absolute Gasteiger partial charge is 0.220 e. The van der Waals surface area contributed by atoms with Crippen molar-refractivity contribution >= 4 is 16.8 Å². The van der Waals surface area contributed by atoms with Crippen molar-refractivity contribution in [2.45, 2.75) is 84.3 Å². The standard InChI is InChI=1S/C26H39N3O2/c1-4-5-9-21-18-22-10-8-14-27-26(22)24(19-21)31-23-12-16-29(17-13-23)15-7-6-11-25(30)28-20(2)3/h8,10,14,18-20,23H,4-7,9,11-13,15-17H2,1-3H3,(H,28,30). The summed E-state index contributed by atoms with van der Waals surface area (Å²) in [6, 6.07) is 8.83. The van der Waals surface area contributed by atoms with Gasteiger partial charge in [-0.25, -0.2) is 0 Å². The molecule has 1 aromatic carbocycles. The Morgan fingerprint density at radius 1 is 1.23 bits per heavy atom. The molecule has 0 bridgehead atoms. The van der Waals surface area contributed by atoms with E-state index in [0.29, 0.717) is 6.42 Å². The van der Waals surface area contributed by atoms with E-state index in [1.54, 1.807) is 0 Å². The molecule has 170 valence electrons. The predicted molar refractivity (Wildman–Crippen MR) is 128 cm³/mol. The zero-order valence-corrected chi connectivity index (χ0v) is 19.5. The highest BCUT2D eigenvalue weighted by atomic mass is 16.5. The van der Waals surface area contributed by atoms with Crippen molar-refractivity contribution in [3.63, 3.8) is 0 Å². The molecule has 0 aliphatic carbocycles. The van der Waals surface area contributed by atoms with Gasteiger partial charge in [0.05, 0.1) is 0 Å². The van der Waals surface area contributed by atoms with Gasteiger partial charge in [-0.3, -0.25) is 9.78 Å². The molecule has 1 aromatic heterocycles. The summed E-state index contributed by atoms with van der Waals surface area (Å²) in [6.45, 7) is 9.43. The second-order valence-electron chi connectivity index (χ2n) is 9.11. The van der Waals surface area contributed by atoms with Gasteiger partial charge in [0, 0.05) is 37.1 Å². The first-order valence-electron chi connectivity index (χ1n) is 12.1. The zero-order valence-electron chi connectivity index (χ0n) is 19.5. The fraction of sp³-hybridized carbons (Fsp3) is 0.615. The maximum Gasteiger partial charge on any atom is 0.220 e. The quantitative estimate of drug-likeness (QED) is 0.508. The van der Waals surface area contributed by atoms with E-state index in [2.05, 4.69) is 40.3 Å². The molecule has 31 heavy (non-hydrogen) atoms. The first kappa shape index (κ1) is 23.5. The van der Waals surface area contributed by atoms with Crippen LogP contribution in [0.5, 0.6) is 5.75 Å². The number of carbonyl (C=O) groups excluding carboxylic acids is 1. The minimum atomic E-state index is 0.170. The van der Waals surface area contributed by atoms with Gasteiger partial charge in [0.25, 0.3) is 0 Å². The normalized spacial score (nSPS) is 15.5. The Bertz CT molecular complexity index is 829. The van der Waals surface area contributed by atoms with Crippen LogP contribution in [0.3, 0.4) is 0 Å². The SMILES string of the molecule is CCCCc1cc(OC2CCN(CCCCC(=O)NC(C)C)CC2)c2ncccc2c1. The summed E-state index contributed by atoms with van der Waals surface area (Å²) in [6.07, 6.45) is 10.3. The molecule has 2 heterocycles. The molecule has 3 rings (SSSR count). The van der Waals surface area contributed by atoms with Crippen molar-refractivity contribution in [1.82, 2.24) is 15.2 Å². The largest absolute Gasteiger partial charge is 0.488 e. The first-order chi connectivity index (χ1) is 15.0. The Kier molecular flexibility index (Phi) is 9.13. The van der Waals surface area contributed by atoms with Gasteiger partial charge in [0.2, 0.25) is 5.91 Å². The molecule has 5 nitrogen and oxygen atoms in total. The maximum absolute atomic E-state index is 11.8. The van der Waals surface area contributed by atoms with Crippen LogP contribution < -0.4 is 10.1 Å². The molecule has 1 saturated heterocycles. The number of ether oxygens (including phenoxy) is 1. The highest BCUT2D eigenvalue weighted by Gasteiger charge is 2.21. The summed E-state index contributed by atoms with van der Waals surface area (Å²) in [7, 11) is 0. The Hall–Kier alpha value is -2.14. The topological polar surface area (TPSA) is 54.5 Å². The van der Waals surface area contributed by atoms with Gasteiger partial charge >= 0.3 is 0 Å². The van der Waals surface area contributed by atoms with Crippen LogP contribution in [0, 0.1) is 0 Å². The molecule has 2 aromatic rings. The van der Waals surface area contributed by atoms with Gasteiger partial charge in [0.15, 0.2) is 0 Å². The summed E-state index contributed by atoms with van der Waals surface area (Å²) >= 11 is 0. The van der Waals surface area contributed by atoms with Crippen LogP contribution in [-0.2, 0) is 11.2 Å². The summed E-state index contributed by atoms with van der Waals surface area (Å²) in [5.74, 6) is 1.11. The molecule has 1 fully saturated rings. The van der Waals surface area contributed by atoms with E-state index in [1.807, 2.05) is 26.1 Å². The maximum atomic E-state index is 11.8. The number of fused-ring (bicyclic) bond motifs is 1. The van der Waals surface area contributed by atoms with Crippen molar-refractivity contribution in [2.24, 2.45) is 0 Å². The van der Waals surface area contributed by atoms with Gasteiger partial charge < -0.3 is 15.0 Å². The van der Waals surface area contributed by atoms with Crippen LogP contribution in [0.1, 0.15) is 71.3 Å². The van der Waals surface area contributed by atoms with E-state index < -0.39 is 0 Å². The Morgan fingerprint density at radius 2 is 2.03 bits per heavy atom. The van der Waals surface area contributed by atoms with Gasteiger partial charge in [-0.05, 0) is 82.7 Å². The Balaban J connectivity index is 1.47. The third-order valence-corrected chi connectivity index (χ3v) is 5.95. The van der Waals surface area contributed by atoms with Gasteiger partial charge in [0.1, 0.15) is 17.4 Å².